The van der Waals surface area contributed by atoms with Crippen LogP contribution in [0.15, 0.2) is 67.0 Å². The van der Waals surface area contributed by atoms with Crippen molar-refractivity contribution in [2.24, 2.45) is 0 Å². The Morgan fingerprint density at radius 3 is 2.69 bits per heavy atom. The van der Waals surface area contributed by atoms with Crippen LogP contribution in [0.1, 0.15) is 24.1 Å². The molecule has 2 aromatic heterocycles. The maximum Gasteiger partial charge on any atom is 0.407 e. The Hall–Kier alpha value is -4.71. The molecule has 0 saturated carbocycles. The number of carbonyl (C=O) groups is 1. The number of hydrogen-bond acceptors (Lipinski definition) is 6. The summed E-state index contributed by atoms with van der Waals surface area (Å²) in [4.78, 5) is 25.8. The number of ether oxygens (including phenoxy) is 1. The lowest BCUT2D eigenvalue weighted by Gasteiger charge is -2.30. The highest BCUT2D eigenvalue weighted by Crippen LogP contribution is 2.28. The average Bonchev–Trinajstić information content (AvgIpc) is 2.88. The van der Waals surface area contributed by atoms with Crippen molar-refractivity contribution in [2.45, 2.75) is 18.9 Å². The van der Waals surface area contributed by atoms with Crippen LogP contribution in [0.4, 0.5) is 20.8 Å². The van der Waals surface area contributed by atoms with Gasteiger partial charge in [0.15, 0.2) is 0 Å². The van der Waals surface area contributed by atoms with Gasteiger partial charge in [0, 0.05) is 55.5 Å². The van der Waals surface area contributed by atoms with Crippen molar-refractivity contribution in [3.8, 4) is 17.6 Å². The number of anilines is 2. The normalized spacial score (nSPS) is 13.6. The van der Waals surface area contributed by atoms with Crippen LogP contribution in [-0.4, -0.2) is 50.2 Å². The van der Waals surface area contributed by atoms with E-state index in [1.54, 1.807) is 30.6 Å². The molecule has 36 heavy (non-hydrogen) atoms. The van der Waals surface area contributed by atoms with Crippen LogP contribution >= 0.6 is 0 Å². The lowest BCUT2D eigenvalue weighted by Crippen LogP contribution is -2.41. The van der Waals surface area contributed by atoms with E-state index < -0.39 is 6.09 Å². The summed E-state index contributed by atoms with van der Waals surface area (Å²) in [7, 11) is 0. The maximum absolute atomic E-state index is 13.6. The zero-order chi connectivity index (χ0) is 24.9. The summed E-state index contributed by atoms with van der Waals surface area (Å²) in [6.45, 7) is 0.818. The van der Waals surface area contributed by atoms with E-state index in [1.807, 2.05) is 24.3 Å². The van der Waals surface area contributed by atoms with Gasteiger partial charge in [0.05, 0.1) is 11.1 Å². The number of rotatable bonds is 4. The molecule has 5 rings (SSSR count). The summed E-state index contributed by atoms with van der Waals surface area (Å²) < 4.78 is 19.9. The Morgan fingerprint density at radius 1 is 1.08 bits per heavy atom. The molecule has 2 aromatic carbocycles. The second kappa shape index (κ2) is 10.3. The van der Waals surface area contributed by atoms with Crippen molar-refractivity contribution >= 4 is 28.6 Å². The molecule has 0 unspecified atom stereocenters. The van der Waals surface area contributed by atoms with Gasteiger partial charge >= 0.3 is 6.09 Å². The van der Waals surface area contributed by atoms with E-state index in [-0.39, 0.29) is 11.9 Å². The number of likely N-dealkylation sites (tertiary alicyclic amines) is 1. The van der Waals surface area contributed by atoms with E-state index >= 15 is 0 Å². The molecule has 8 nitrogen and oxygen atoms in total. The van der Waals surface area contributed by atoms with Gasteiger partial charge in [-0.2, -0.15) is 0 Å². The number of amides is 1. The molecular weight excluding hydrogens is 461 g/mol. The Balaban J connectivity index is 1.46. The number of piperidine rings is 1. The summed E-state index contributed by atoms with van der Waals surface area (Å²) in [5.41, 5.74) is 2.45. The highest BCUT2D eigenvalue weighted by molar-refractivity contribution is 5.83. The van der Waals surface area contributed by atoms with Crippen LogP contribution in [0.2, 0.25) is 0 Å². The van der Waals surface area contributed by atoms with Gasteiger partial charge in [0.1, 0.15) is 23.4 Å². The smallest absolute Gasteiger partial charge is 0.407 e. The number of hydrogen-bond donors (Lipinski definition) is 2. The Labute approximate surface area is 206 Å². The zero-order valence-corrected chi connectivity index (χ0v) is 19.2. The van der Waals surface area contributed by atoms with Crippen LogP contribution in [0.5, 0.6) is 5.75 Å². The van der Waals surface area contributed by atoms with Gasteiger partial charge in [-0.1, -0.05) is 18.1 Å². The summed E-state index contributed by atoms with van der Waals surface area (Å²) >= 11 is 0. The summed E-state index contributed by atoms with van der Waals surface area (Å²) in [5, 5.41) is 13.0. The molecule has 0 radical (unpaired) electrons. The van der Waals surface area contributed by atoms with Crippen LogP contribution in [-0.2, 0) is 0 Å². The number of nitrogens with zero attached hydrogens (tertiary/aromatic N) is 4. The molecule has 0 atom stereocenters. The predicted octanol–water partition coefficient (Wildman–Crippen LogP) is 4.83. The van der Waals surface area contributed by atoms with Crippen molar-refractivity contribution in [1.29, 1.82) is 0 Å². The number of benzene rings is 2. The summed E-state index contributed by atoms with van der Waals surface area (Å²) in [6, 6.07) is 15.2. The number of pyridine rings is 1. The van der Waals surface area contributed by atoms with Crippen LogP contribution in [0, 0.1) is 17.7 Å². The van der Waals surface area contributed by atoms with Gasteiger partial charge in [-0.25, -0.2) is 24.1 Å². The predicted molar refractivity (Wildman–Crippen MR) is 133 cm³/mol. The molecule has 0 aliphatic carbocycles. The van der Waals surface area contributed by atoms with Gasteiger partial charge < -0.3 is 20.1 Å². The van der Waals surface area contributed by atoms with Gasteiger partial charge in [-0.3, -0.25) is 0 Å². The van der Waals surface area contributed by atoms with Gasteiger partial charge in [0.25, 0.3) is 0 Å². The molecular formula is C27H22FN5O3. The highest BCUT2D eigenvalue weighted by Gasteiger charge is 2.24. The molecule has 180 valence electrons. The molecule has 0 bridgehead atoms. The first-order chi connectivity index (χ1) is 17.5. The fourth-order valence-electron chi connectivity index (χ4n) is 3.92. The summed E-state index contributed by atoms with van der Waals surface area (Å²) in [6.07, 6.45) is 3.43. The minimum absolute atomic E-state index is 0.153. The molecule has 1 aliphatic rings. The molecule has 3 heterocycles. The largest absolute Gasteiger partial charge is 0.489 e. The van der Waals surface area contributed by atoms with Crippen molar-refractivity contribution in [2.75, 3.05) is 18.4 Å². The monoisotopic (exact) mass is 483 g/mol. The van der Waals surface area contributed by atoms with E-state index in [2.05, 4.69) is 32.1 Å². The van der Waals surface area contributed by atoms with Crippen LogP contribution in [0.25, 0.3) is 10.9 Å². The minimum Gasteiger partial charge on any atom is -0.489 e. The number of carboxylic acid groups (broad SMARTS) is 1. The number of fused-ring (bicyclic) bond motifs is 1. The third kappa shape index (κ3) is 5.50. The molecule has 1 amide bonds. The Kier molecular flexibility index (Phi) is 6.58. The van der Waals surface area contributed by atoms with Crippen LogP contribution in [0.3, 0.4) is 0 Å². The van der Waals surface area contributed by atoms with Crippen molar-refractivity contribution in [1.82, 2.24) is 19.9 Å². The van der Waals surface area contributed by atoms with Crippen molar-refractivity contribution in [3.63, 3.8) is 0 Å². The highest BCUT2D eigenvalue weighted by atomic mass is 19.1. The second-order valence-corrected chi connectivity index (χ2v) is 8.29. The lowest BCUT2D eigenvalue weighted by molar-refractivity contribution is 0.0894. The standard InChI is InChI=1S/C27H22FN5O3/c28-20-4-3-6-22(15-20)31-26-30-17-19-14-18(7-8-21-5-1-2-11-29-21)25(16-24(19)32-26)36-23-9-12-33(13-10-23)27(34)35/h1-6,11,14-17,23H,9-10,12-13H2,(H,34,35)(H,30,31,32). The zero-order valence-electron chi connectivity index (χ0n) is 19.2. The fourth-order valence-corrected chi connectivity index (χ4v) is 3.92. The number of halogens is 1. The SMILES string of the molecule is O=C(O)N1CCC(Oc2cc3nc(Nc4cccc(F)c4)ncc3cc2C#Cc2ccccn2)CC1. The van der Waals surface area contributed by atoms with E-state index in [0.29, 0.717) is 60.1 Å². The lowest BCUT2D eigenvalue weighted by atomic mass is 10.1. The van der Waals surface area contributed by atoms with Crippen LogP contribution < -0.4 is 10.1 Å². The van der Waals surface area contributed by atoms with Crippen molar-refractivity contribution < 1.29 is 19.0 Å². The average molecular weight is 484 g/mol. The van der Waals surface area contributed by atoms with E-state index in [0.717, 1.165) is 5.39 Å². The van der Waals surface area contributed by atoms with Gasteiger partial charge in [0.2, 0.25) is 5.95 Å². The van der Waals surface area contributed by atoms with E-state index in [4.69, 9.17) is 4.74 Å². The molecule has 1 aliphatic heterocycles. The molecule has 9 heteroatoms. The first-order valence-electron chi connectivity index (χ1n) is 11.4. The minimum atomic E-state index is -0.920. The van der Waals surface area contributed by atoms with Gasteiger partial charge in [-0.15, -0.1) is 0 Å². The first-order valence-corrected chi connectivity index (χ1v) is 11.4. The quantitative estimate of drug-likeness (QED) is 0.401. The topological polar surface area (TPSA) is 100 Å². The Bertz CT molecular complexity index is 1460. The molecule has 1 saturated heterocycles. The third-order valence-corrected chi connectivity index (χ3v) is 5.76. The second-order valence-electron chi connectivity index (χ2n) is 8.29. The van der Waals surface area contributed by atoms with Crippen molar-refractivity contribution in [3.05, 3.63) is 84.1 Å². The first kappa shape index (κ1) is 23.1. The maximum atomic E-state index is 13.6. The molecule has 4 aromatic rings. The fraction of sp³-hybridized carbons (Fsp3) is 0.185. The number of nitrogens with one attached hydrogen (secondary N) is 1. The third-order valence-electron chi connectivity index (χ3n) is 5.76. The molecule has 1 fully saturated rings. The van der Waals surface area contributed by atoms with E-state index in [1.165, 1.54) is 17.0 Å². The Morgan fingerprint density at radius 2 is 1.94 bits per heavy atom. The van der Waals surface area contributed by atoms with E-state index in [9.17, 15) is 14.3 Å². The molecule has 0 spiro atoms. The van der Waals surface area contributed by atoms with Gasteiger partial charge in [-0.05, 0) is 42.3 Å². The number of aromatic nitrogens is 3. The molecule has 2 N–H and O–H groups in total. The summed E-state index contributed by atoms with van der Waals surface area (Å²) in [5.74, 6) is 6.71.